The van der Waals surface area contributed by atoms with Crippen LogP contribution in [0, 0.1) is 12.8 Å². The van der Waals surface area contributed by atoms with Gasteiger partial charge in [0.2, 0.25) is 23.6 Å². The summed E-state index contributed by atoms with van der Waals surface area (Å²) in [5, 5.41) is 35.9. The number of rotatable bonds is 12. The molecule has 1 fully saturated rings. The topological polar surface area (TPSA) is 205 Å². The normalized spacial score (nSPS) is 22.9. The molecule has 2 aromatic rings. The molecule has 3 rings (SSSR count). The molecule has 0 radical (unpaired) electrons. The molecule has 0 bridgehead atoms. The van der Waals surface area contributed by atoms with E-state index in [1.807, 2.05) is 49.6 Å². The van der Waals surface area contributed by atoms with Gasteiger partial charge in [0.05, 0.1) is 12.2 Å². The summed E-state index contributed by atoms with van der Waals surface area (Å²) in [6.45, 7) is 7.75. The largest absolute Gasteiger partial charge is 0.390 e. The van der Waals surface area contributed by atoms with E-state index >= 15 is 0 Å². The SMILES string of the molecule is Cc1ccc([C@H]2[C@H](O)[C@H](O)[C@H](O)C[SH]2C)cc1Cc1ccc(/C=C/CC(C(=O)NC(C)(C)C(N)=O)C(=O)NC(C)(C)C(N)=O)cc1. The Kier molecular flexibility index (Phi) is 11.8. The number of aryl methyl sites for hydroxylation is 1. The van der Waals surface area contributed by atoms with E-state index in [0.29, 0.717) is 12.2 Å². The Bertz CT molecular complexity index is 1430. The van der Waals surface area contributed by atoms with E-state index in [-0.39, 0.29) is 11.7 Å². The average molecular weight is 657 g/mol. The van der Waals surface area contributed by atoms with Crippen molar-refractivity contribution in [1.82, 2.24) is 10.6 Å². The lowest BCUT2D eigenvalue weighted by molar-refractivity contribution is -0.140. The number of carbonyl (C=O) groups excluding carboxylic acids is 4. The van der Waals surface area contributed by atoms with Crippen molar-refractivity contribution < 1.29 is 34.5 Å². The van der Waals surface area contributed by atoms with Crippen molar-refractivity contribution in [2.45, 2.75) is 82.1 Å². The first-order chi connectivity index (χ1) is 21.3. The number of benzene rings is 2. The highest BCUT2D eigenvalue weighted by Gasteiger charge is 2.40. The molecular formula is C34H48N4O7S. The molecule has 12 heteroatoms. The minimum Gasteiger partial charge on any atom is -0.390 e. The molecule has 1 aliphatic heterocycles. The van der Waals surface area contributed by atoms with Crippen molar-refractivity contribution in [2.75, 3.05) is 12.0 Å². The molecule has 9 N–H and O–H groups in total. The van der Waals surface area contributed by atoms with Crippen LogP contribution in [-0.4, -0.2) is 80.3 Å². The van der Waals surface area contributed by atoms with Crippen LogP contribution in [0.3, 0.4) is 0 Å². The lowest BCUT2D eigenvalue weighted by atomic mass is 9.93. The first-order valence-corrected chi connectivity index (χ1v) is 17.2. The second kappa shape index (κ2) is 14.8. The van der Waals surface area contributed by atoms with Gasteiger partial charge in [-0.2, -0.15) is 0 Å². The molecule has 2 aromatic carbocycles. The Hall–Kier alpha value is -3.71. The van der Waals surface area contributed by atoms with Crippen LogP contribution < -0.4 is 22.1 Å². The minimum atomic E-state index is -1.40. The molecule has 4 amide bonds. The highest BCUT2D eigenvalue weighted by atomic mass is 32.2. The minimum absolute atomic E-state index is 0.0200. The molecule has 11 nitrogen and oxygen atoms in total. The summed E-state index contributed by atoms with van der Waals surface area (Å²) in [5.74, 6) is -3.77. The maximum Gasteiger partial charge on any atom is 0.242 e. The Morgan fingerprint density at radius 3 is 1.98 bits per heavy atom. The fourth-order valence-electron chi connectivity index (χ4n) is 5.26. The predicted octanol–water partition coefficient (Wildman–Crippen LogP) is 1.13. The van der Waals surface area contributed by atoms with E-state index in [0.717, 1.165) is 27.8 Å². The van der Waals surface area contributed by atoms with Gasteiger partial charge in [0.25, 0.3) is 0 Å². The van der Waals surface area contributed by atoms with Crippen LogP contribution in [0.25, 0.3) is 6.08 Å². The molecule has 0 spiro atoms. The Balaban J connectivity index is 1.75. The molecule has 46 heavy (non-hydrogen) atoms. The summed E-state index contributed by atoms with van der Waals surface area (Å²) in [4.78, 5) is 49.7. The number of allylic oxidation sites excluding steroid dienone is 1. The maximum absolute atomic E-state index is 13.1. The van der Waals surface area contributed by atoms with Crippen LogP contribution in [0.4, 0.5) is 0 Å². The second-order valence-electron chi connectivity index (χ2n) is 13.2. The fourth-order valence-corrected chi connectivity index (χ4v) is 7.66. The fraction of sp³-hybridized carbons (Fsp3) is 0.471. The third-order valence-electron chi connectivity index (χ3n) is 8.53. The van der Waals surface area contributed by atoms with Crippen molar-refractivity contribution >= 4 is 40.6 Å². The van der Waals surface area contributed by atoms with Crippen LogP contribution in [0.15, 0.2) is 48.5 Å². The molecule has 252 valence electrons. The smallest absolute Gasteiger partial charge is 0.242 e. The maximum atomic E-state index is 13.1. The number of nitrogens with one attached hydrogen (secondary N) is 2. The molecule has 1 saturated heterocycles. The summed E-state index contributed by atoms with van der Waals surface area (Å²) in [6.07, 6.45) is 3.00. The molecule has 0 aromatic heterocycles. The standard InChI is InChI=1S/C34H48N4O7S/c1-19-10-15-22(28-27(41)26(40)25(39)18-46(28)6)17-23(19)16-21-13-11-20(12-14-21)8-7-9-24(29(42)37-33(2,3)31(35)44)30(43)38-34(4,5)32(36)45/h7-8,10-15,17,24-28,39-41,46H,9,16,18H2,1-6H3,(H2,35,44)(H2,36,45)(H,37,42)(H,38,43)/b8-7+/t25-,26-,27-,28+/m1/s1. The predicted molar refractivity (Wildman–Crippen MR) is 181 cm³/mol. The summed E-state index contributed by atoms with van der Waals surface area (Å²) in [7, 11) is -0.721. The molecule has 5 atom stereocenters. The van der Waals surface area contributed by atoms with Crippen LogP contribution in [-0.2, 0) is 25.6 Å². The van der Waals surface area contributed by atoms with Gasteiger partial charge in [0.15, 0.2) is 0 Å². The van der Waals surface area contributed by atoms with Gasteiger partial charge in [0.1, 0.15) is 23.1 Å². The lowest BCUT2D eigenvalue weighted by Crippen LogP contribution is -2.59. The Morgan fingerprint density at radius 1 is 0.913 bits per heavy atom. The number of nitrogens with two attached hydrogens (primary N) is 2. The van der Waals surface area contributed by atoms with Crippen molar-refractivity contribution in [3.63, 3.8) is 0 Å². The lowest BCUT2D eigenvalue weighted by Gasteiger charge is -2.42. The number of primary amides is 2. The first kappa shape index (κ1) is 36.8. The van der Waals surface area contributed by atoms with Gasteiger partial charge in [-0.25, -0.2) is 10.9 Å². The molecule has 1 heterocycles. The molecule has 1 unspecified atom stereocenters. The zero-order chi connectivity index (χ0) is 34.6. The molecular weight excluding hydrogens is 608 g/mol. The number of hydrogen-bond acceptors (Lipinski definition) is 7. The molecule has 1 aliphatic rings. The quantitative estimate of drug-likeness (QED) is 0.123. The van der Waals surface area contributed by atoms with Gasteiger partial charge in [-0.3, -0.25) is 19.2 Å². The van der Waals surface area contributed by atoms with E-state index in [1.165, 1.54) is 27.7 Å². The zero-order valence-electron chi connectivity index (χ0n) is 27.3. The summed E-state index contributed by atoms with van der Waals surface area (Å²) < 4.78 is 0. The Labute approximate surface area is 273 Å². The number of aliphatic hydroxyl groups is 3. The summed E-state index contributed by atoms with van der Waals surface area (Å²) in [6, 6.07) is 13.9. The average Bonchev–Trinajstić information content (AvgIpc) is 2.95. The van der Waals surface area contributed by atoms with Gasteiger partial charge in [-0.1, -0.05) is 54.6 Å². The van der Waals surface area contributed by atoms with E-state index < -0.39 is 69.8 Å². The van der Waals surface area contributed by atoms with Crippen molar-refractivity contribution in [1.29, 1.82) is 0 Å². The highest BCUT2D eigenvalue weighted by molar-refractivity contribution is 8.16. The van der Waals surface area contributed by atoms with Crippen molar-refractivity contribution in [3.05, 3.63) is 76.4 Å². The zero-order valence-corrected chi connectivity index (χ0v) is 28.2. The van der Waals surface area contributed by atoms with Crippen LogP contribution >= 0.6 is 10.9 Å². The van der Waals surface area contributed by atoms with Gasteiger partial charge >= 0.3 is 0 Å². The third kappa shape index (κ3) is 8.97. The van der Waals surface area contributed by atoms with Gasteiger partial charge < -0.3 is 37.4 Å². The van der Waals surface area contributed by atoms with Gasteiger partial charge in [-0.15, -0.1) is 0 Å². The van der Waals surface area contributed by atoms with Gasteiger partial charge in [0, 0.05) is 11.0 Å². The monoisotopic (exact) mass is 656 g/mol. The summed E-state index contributed by atoms with van der Waals surface area (Å²) >= 11 is 0. The third-order valence-corrected chi connectivity index (χ3v) is 11.0. The molecule has 0 aliphatic carbocycles. The van der Waals surface area contributed by atoms with E-state index in [4.69, 9.17) is 11.5 Å². The van der Waals surface area contributed by atoms with Crippen LogP contribution in [0.5, 0.6) is 0 Å². The van der Waals surface area contributed by atoms with Crippen LogP contribution in [0.1, 0.15) is 67.2 Å². The first-order valence-electron chi connectivity index (χ1n) is 15.2. The molecule has 0 saturated carbocycles. The number of aliphatic hydroxyl groups excluding tert-OH is 3. The van der Waals surface area contributed by atoms with Crippen LogP contribution in [0.2, 0.25) is 0 Å². The van der Waals surface area contributed by atoms with E-state index in [2.05, 4.69) is 16.7 Å². The number of hydrogen-bond donors (Lipinski definition) is 8. The second-order valence-corrected chi connectivity index (χ2v) is 15.6. The van der Waals surface area contributed by atoms with E-state index in [1.54, 1.807) is 12.2 Å². The van der Waals surface area contributed by atoms with Crippen molar-refractivity contribution in [2.24, 2.45) is 17.4 Å². The number of amides is 4. The summed E-state index contributed by atoms with van der Waals surface area (Å²) in [5.41, 5.74) is 13.0. The Morgan fingerprint density at radius 2 is 1.46 bits per heavy atom. The highest BCUT2D eigenvalue weighted by Crippen LogP contribution is 2.48. The number of thiol groups is 1. The van der Waals surface area contributed by atoms with E-state index in [9.17, 15) is 34.5 Å². The number of carbonyl (C=O) groups is 4. The van der Waals surface area contributed by atoms with Crippen molar-refractivity contribution in [3.8, 4) is 0 Å². The van der Waals surface area contributed by atoms with Gasteiger partial charge in [-0.05, 0) is 81.5 Å².